The number of thioether (sulfide) groups is 1. The number of fused-ring (bicyclic) bond motifs is 1. The van der Waals surface area contributed by atoms with Crippen LogP contribution in [0.2, 0.25) is 0 Å². The smallest absolute Gasteiger partial charge is 0.313 e. The predicted octanol–water partition coefficient (Wildman–Crippen LogP) is 2.95. The molecule has 1 aromatic heterocycles. The van der Waals surface area contributed by atoms with Crippen molar-refractivity contribution in [3.8, 4) is 5.75 Å². The van der Waals surface area contributed by atoms with Crippen molar-refractivity contribution in [2.24, 2.45) is 0 Å². The number of hydrogen-bond donors (Lipinski definition) is 1. The number of carbonyl (C=O) groups is 1. The van der Waals surface area contributed by atoms with Gasteiger partial charge in [-0.1, -0.05) is 11.8 Å². The van der Waals surface area contributed by atoms with Crippen molar-refractivity contribution in [2.45, 2.75) is 30.5 Å². The van der Waals surface area contributed by atoms with Crippen LogP contribution >= 0.6 is 11.8 Å². The second kappa shape index (κ2) is 5.36. The lowest BCUT2D eigenvalue weighted by Gasteiger charge is -2.28. The van der Waals surface area contributed by atoms with Crippen molar-refractivity contribution in [2.75, 3.05) is 12.9 Å². The number of carboxylic acid groups (broad SMARTS) is 1. The van der Waals surface area contributed by atoms with E-state index in [0.29, 0.717) is 6.04 Å². The monoisotopic (exact) mass is 292 g/mol. The summed E-state index contributed by atoms with van der Waals surface area (Å²) in [4.78, 5) is 15.3. The van der Waals surface area contributed by atoms with E-state index < -0.39 is 5.97 Å². The maximum absolute atomic E-state index is 10.8. The van der Waals surface area contributed by atoms with E-state index >= 15 is 0 Å². The van der Waals surface area contributed by atoms with Gasteiger partial charge in [0.25, 0.3) is 0 Å². The van der Waals surface area contributed by atoms with E-state index in [9.17, 15) is 4.79 Å². The fourth-order valence-electron chi connectivity index (χ4n) is 2.40. The summed E-state index contributed by atoms with van der Waals surface area (Å²) in [6.45, 7) is 0. The summed E-state index contributed by atoms with van der Waals surface area (Å²) in [6, 6.07) is 6.22. The highest BCUT2D eigenvalue weighted by Crippen LogP contribution is 2.38. The third-order valence-electron chi connectivity index (χ3n) is 3.63. The number of hydrogen-bond acceptors (Lipinski definition) is 4. The molecule has 0 saturated heterocycles. The third kappa shape index (κ3) is 2.35. The molecule has 0 radical (unpaired) electrons. The minimum atomic E-state index is -0.820. The molecule has 0 bridgehead atoms. The summed E-state index contributed by atoms with van der Waals surface area (Å²) in [6.07, 6.45) is 3.48. The van der Waals surface area contributed by atoms with Crippen LogP contribution in [0.15, 0.2) is 23.4 Å². The molecule has 0 spiro atoms. The minimum Gasteiger partial charge on any atom is -0.497 e. The zero-order valence-corrected chi connectivity index (χ0v) is 12.0. The Hall–Kier alpha value is -1.69. The minimum absolute atomic E-state index is 0.0349. The van der Waals surface area contributed by atoms with Gasteiger partial charge in [-0.15, -0.1) is 0 Å². The van der Waals surface area contributed by atoms with Gasteiger partial charge in [0.1, 0.15) is 5.75 Å². The number of ether oxygens (including phenoxy) is 1. The van der Waals surface area contributed by atoms with Crippen molar-refractivity contribution in [3.63, 3.8) is 0 Å². The lowest BCUT2D eigenvalue weighted by molar-refractivity contribution is -0.133. The largest absolute Gasteiger partial charge is 0.497 e. The van der Waals surface area contributed by atoms with Crippen LogP contribution in [0, 0.1) is 0 Å². The van der Waals surface area contributed by atoms with Crippen LogP contribution < -0.4 is 4.74 Å². The van der Waals surface area contributed by atoms with Crippen LogP contribution in [0.1, 0.15) is 25.3 Å². The number of imidazole rings is 1. The number of carboxylic acids is 1. The molecule has 5 nitrogen and oxygen atoms in total. The zero-order valence-electron chi connectivity index (χ0n) is 11.2. The van der Waals surface area contributed by atoms with Crippen LogP contribution in [0.4, 0.5) is 0 Å². The first kappa shape index (κ1) is 13.3. The first-order valence-electron chi connectivity index (χ1n) is 6.59. The Morgan fingerprint density at radius 2 is 2.35 bits per heavy atom. The molecule has 0 aliphatic heterocycles. The molecule has 3 rings (SSSR count). The molecule has 1 N–H and O–H groups in total. The molecule has 2 aromatic rings. The zero-order chi connectivity index (χ0) is 14.1. The number of rotatable bonds is 5. The van der Waals surface area contributed by atoms with Gasteiger partial charge >= 0.3 is 5.97 Å². The summed E-state index contributed by atoms with van der Waals surface area (Å²) in [5, 5.41) is 9.65. The van der Waals surface area contributed by atoms with Crippen molar-refractivity contribution in [1.29, 1.82) is 0 Å². The normalized spacial score (nSPS) is 15.2. The number of methoxy groups -OCH3 is 1. The molecular formula is C14H16N2O3S. The van der Waals surface area contributed by atoms with Gasteiger partial charge in [0.2, 0.25) is 0 Å². The molecule has 1 saturated carbocycles. The highest BCUT2D eigenvalue weighted by atomic mass is 32.2. The van der Waals surface area contributed by atoms with Gasteiger partial charge in [-0.25, -0.2) is 4.98 Å². The summed E-state index contributed by atoms with van der Waals surface area (Å²) < 4.78 is 7.45. The van der Waals surface area contributed by atoms with E-state index in [-0.39, 0.29) is 5.75 Å². The van der Waals surface area contributed by atoms with Crippen LogP contribution in [0.5, 0.6) is 5.75 Å². The first-order valence-corrected chi connectivity index (χ1v) is 7.58. The van der Waals surface area contributed by atoms with Crippen molar-refractivity contribution in [3.05, 3.63) is 18.2 Å². The Morgan fingerprint density at radius 1 is 1.55 bits per heavy atom. The second-order valence-corrected chi connectivity index (χ2v) is 5.83. The Bertz CT molecular complexity index is 649. The molecule has 0 unspecified atom stereocenters. The van der Waals surface area contributed by atoms with E-state index in [1.165, 1.54) is 18.2 Å². The Balaban J connectivity index is 2.05. The van der Waals surface area contributed by atoms with Crippen molar-refractivity contribution in [1.82, 2.24) is 9.55 Å². The number of aromatic nitrogens is 2. The van der Waals surface area contributed by atoms with E-state index in [2.05, 4.69) is 9.55 Å². The topological polar surface area (TPSA) is 64.3 Å². The molecular weight excluding hydrogens is 276 g/mol. The maximum Gasteiger partial charge on any atom is 0.313 e. The number of nitrogens with zero attached hydrogens (tertiary/aromatic N) is 2. The lowest BCUT2D eigenvalue weighted by atomic mass is 9.93. The summed E-state index contributed by atoms with van der Waals surface area (Å²) in [7, 11) is 1.64. The molecule has 1 fully saturated rings. The van der Waals surface area contributed by atoms with Gasteiger partial charge in [-0.05, 0) is 31.4 Å². The third-order valence-corrected chi connectivity index (χ3v) is 4.57. The van der Waals surface area contributed by atoms with Crippen molar-refractivity contribution >= 4 is 28.8 Å². The molecule has 0 amide bonds. The molecule has 0 atom stereocenters. The van der Waals surface area contributed by atoms with E-state index in [0.717, 1.165) is 34.8 Å². The summed E-state index contributed by atoms with van der Waals surface area (Å²) in [5.74, 6) is 0.0141. The van der Waals surface area contributed by atoms with Gasteiger partial charge in [0, 0.05) is 12.1 Å². The van der Waals surface area contributed by atoms with E-state index in [4.69, 9.17) is 9.84 Å². The highest BCUT2D eigenvalue weighted by Gasteiger charge is 2.25. The first-order chi connectivity index (χ1) is 9.69. The highest BCUT2D eigenvalue weighted by molar-refractivity contribution is 7.99. The van der Waals surface area contributed by atoms with Crippen LogP contribution in [-0.2, 0) is 4.79 Å². The van der Waals surface area contributed by atoms with Gasteiger partial charge in [0.15, 0.2) is 5.16 Å². The summed E-state index contributed by atoms with van der Waals surface area (Å²) >= 11 is 1.28. The van der Waals surface area contributed by atoms with Gasteiger partial charge in [-0.2, -0.15) is 0 Å². The SMILES string of the molecule is COc1ccc2nc(SCC(=O)O)n(C3CCC3)c2c1. The fourth-order valence-corrected chi connectivity index (χ4v) is 3.21. The van der Waals surface area contributed by atoms with Crippen LogP contribution in [0.25, 0.3) is 11.0 Å². The van der Waals surface area contributed by atoms with Gasteiger partial charge in [0.05, 0.1) is 23.9 Å². The molecule has 1 aromatic carbocycles. The molecule has 106 valence electrons. The molecule has 1 heterocycles. The number of aliphatic carboxylic acids is 1. The Morgan fingerprint density at radius 3 is 2.95 bits per heavy atom. The van der Waals surface area contributed by atoms with E-state index in [1.807, 2.05) is 18.2 Å². The Labute approximate surface area is 120 Å². The van der Waals surface area contributed by atoms with Gasteiger partial charge < -0.3 is 14.4 Å². The number of benzene rings is 1. The molecule has 1 aliphatic rings. The molecule has 20 heavy (non-hydrogen) atoms. The lowest BCUT2D eigenvalue weighted by Crippen LogP contribution is -2.18. The second-order valence-electron chi connectivity index (χ2n) is 4.89. The average molecular weight is 292 g/mol. The maximum atomic E-state index is 10.8. The average Bonchev–Trinajstić information content (AvgIpc) is 2.72. The molecule has 1 aliphatic carbocycles. The molecule has 6 heteroatoms. The quantitative estimate of drug-likeness (QED) is 0.858. The fraction of sp³-hybridized carbons (Fsp3) is 0.429. The predicted molar refractivity (Wildman–Crippen MR) is 77.5 cm³/mol. The van der Waals surface area contributed by atoms with Gasteiger partial charge in [-0.3, -0.25) is 4.79 Å². The van der Waals surface area contributed by atoms with Crippen LogP contribution in [-0.4, -0.2) is 33.5 Å². The summed E-state index contributed by atoms with van der Waals surface area (Å²) in [5.41, 5.74) is 1.92. The standard InChI is InChI=1S/C14H16N2O3S/c1-19-10-5-6-11-12(7-10)16(9-3-2-4-9)14(15-11)20-8-13(17)18/h5-7,9H,2-4,8H2,1H3,(H,17,18). The van der Waals surface area contributed by atoms with Crippen LogP contribution in [0.3, 0.4) is 0 Å². The Kier molecular flexibility index (Phi) is 3.56. The van der Waals surface area contributed by atoms with Crippen molar-refractivity contribution < 1.29 is 14.6 Å². The van der Waals surface area contributed by atoms with E-state index in [1.54, 1.807) is 7.11 Å².